The number of nitrogens with one attached hydrogen (secondary N) is 1. The molecule has 1 spiro atoms. The molecule has 0 atom stereocenters. The van der Waals surface area contributed by atoms with Gasteiger partial charge in [0.05, 0.1) is 11.1 Å². The van der Waals surface area contributed by atoms with Gasteiger partial charge in [-0.05, 0) is 48.2 Å². The molecule has 6 nitrogen and oxygen atoms in total. The van der Waals surface area contributed by atoms with Gasteiger partial charge in [-0.15, -0.1) is 0 Å². The molecule has 2 aliphatic rings. The van der Waals surface area contributed by atoms with E-state index in [1.165, 1.54) is 6.07 Å². The van der Waals surface area contributed by atoms with E-state index in [-0.39, 0.29) is 11.6 Å². The standard InChI is InChI=1S/C19H17N3O3/c20-11-13-5-7-16(22(13)18(24)25)12-4-6-15-14(10-12)19(17(23)21-15)8-2-1-3-9-19/h4-7,10H,1-3,8-9H2,(H,21,23)(H,24,25). The minimum Gasteiger partial charge on any atom is -0.464 e. The molecule has 2 N–H and O–H groups in total. The first-order chi connectivity index (χ1) is 12.1. The van der Waals surface area contributed by atoms with Crippen LogP contribution in [0.3, 0.4) is 0 Å². The van der Waals surface area contributed by atoms with Crippen LogP contribution in [-0.2, 0) is 10.2 Å². The Labute approximate surface area is 144 Å². The predicted molar refractivity (Wildman–Crippen MR) is 91.4 cm³/mol. The van der Waals surface area contributed by atoms with E-state index in [2.05, 4.69) is 5.32 Å². The maximum atomic E-state index is 12.6. The largest absolute Gasteiger partial charge is 0.464 e. The Morgan fingerprint density at radius 2 is 1.96 bits per heavy atom. The van der Waals surface area contributed by atoms with Crippen molar-refractivity contribution in [2.24, 2.45) is 0 Å². The summed E-state index contributed by atoms with van der Waals surface area (Å²) in [5.41, 5.74) is 2.48. The molecule has 0 saturated heterocycles. The number of hydrogen-bond acceptors (Lipinski definition) is 3. The first-order valence-electron chi connectivity index (χ1n) is 8.38. The maximum absolute atomic E-state index is 12.6. The Morgan fingerprint density at radius 3 is 2.64 bits per heavy atom. The fourth-order valence-corrected chi connectivity index (χ4v) is 4.18. The zero-order valence-electron chi connectivity index (χ0n) is 13.6. The van der Waals surface area contributed by atoms with Crippen LogP contribution >= 0.6 is 0 Å². The zero-order valence-corrected chi connectivity index (χ0v) is 13.6. The molecular formula is C19H17N3O3. The summed E-state index contributed by atoms with van der Waals surface area (Å²) in [6.45, 7) is 0. The van der Waals surface area contributed by atoms with Crippen molar-refractivity contribution >= 4 is 17.7 Å². The highest BCUT2D eigenvalue weighted by Crippen LogP contribution is 2.48. The van der Waals surface area contributed by atoms with Crippen LogP contribution in [0.2, 0.25) is 0 Å². The van der Waals surface area contributed by atoms with Crippen LogP contribution in [0, 0.1) is 11.3 Å². The zero-order chi connectivity index (χ0) is 17.6. The molecule has 126 valence electrons. The van der Waals surface area contributed by atoms with E-state index in [0.717, 1.165) is 47.9 Å². The lowest BCUT2D eigenvalue weighted by molar-refractivity contribution is -0.121. The van der Waals surface area contributed by atoms with Crippen LogP contribution in [0.15, 0.2) is 30.3 Å². The van der Waals surface area contributed by atoms with Crippen LogP contribution in [0.1, 0.15) is 43.4 Å². The molecule has 4 rings (SSSR count). The summed E-state index contributed by atoms with van der Waals surface area (Å²) < 4.78 is 0.986. The second-order valence-electron chi connectivity index (χ2n) is 6.69. The van der Waals surface area contributed by atoms with Crippen molar-refractivity contribution in [3.63, 3.8) is 0 Å². The number of amides is 1. The van der Waals surface area contributed by atoms with Crippen molar-refractivity contribution in [3.8, 4) is 17.3 Å². The molecule has 25 heavy (non-hydrogen) atoms. The van der Waals surface area contributed by atoms with E-state index in [1.807, 2.05) is 18.2 Å². The lowest BCUT2D eigenvalue weighted by atomic mass is 9.70. The van der Waals surface area contributed by atoms with Crippen molar-refractivity contribution in [3.05, 3.63) is 41.6 Å². The van der Waals surface area contributed by atoms with Crippen LogP contribution in [0.5, 0.6) is 0 Å². The highest BCUT2D eigenvalue weighted by Gasteiger charge is 2.47. The molecule has 0 unspecified atom stereocenters. The predicted octanol–water partition coefficient (Wildman–Crippen LogP) is 3.71. The summed E-state index contributed by atoms with van der Waals surface area (Å²) in [5, 5.41) is 21.6. The molecule has 1 fully saturated rings. The van der Waals surface area contributed by atoms with Gasteiger partial charge in [-0.25, -0.2) is 9.36 Å². The second-order valence-corrected chi connectivity index (χ2v) is 6.69. The number of rotatable bonds is 1. The highest BCUT2D eigenvalue weighted by molar-refractivity contribution is 6.06. The van der Waals surface area contributed by atoms with Gasteiger partial charge >= 0.3 is 6.09 Å². The Kier molecular flexibility index (Phi) is 3.39. The molecule has 1 aliphatic heterocycles. The van der Waals surface area contributed by atoms with Gasteiger partial charge < -0.3 is 10.4 Å². The van der Waals surface area contributed by atoms with Crippen molar-refractivity contribution < 1.29 is 14.7 Å². The lowest BCUT2D eigenvalue weighted by Gasteiger charge is -2.31. The van der Waals surface area contributed by atoms with E-state index in [0.29, 0.717) is 11.3 Å². The van der Waals surface area contributed by atoms with Crippen LogP contribution < -0.4 is 5.32 Å². The number of anilines is 1. The number of carboxylic acid groups (broad SMARTS) is 1. The molecule has 1 aromatic carbocycles. The quantitative estimate of drug-likeness (QED) is 0.830. The number of carbonyl (C=O) groups is 2. The number of fused-ring (bicyclic) bond motifs is 2. The van der Waals surface area contributed by atoms with Gasteiger partial charge in [-0.3, -0.25) is 4.79 Å². The van der Waals surface area contributed by atoms with Crippen LogP contribution in [-0.4, -0.2) is 21.7 Å². The molecule has 1 amide bonds. The molecule has 2 heterocycles. The normalized spacial score (nSPS) is 17.8. The summed E-state index contributed by atoms with van der Waals surface area (Å²) >= 11 is 0. The maximum Gasteiger partial charge on any atom is 0.417 e. The molecule has 2 aromatic rings. The van der Waals surface area contributed by atoms with Gasteiger partial charge in [0.2, 0.25) is 5.91 Å². The van der Waals surface area contributed by atoms with E-state index >= 15 is 0 Å². The van der Waals surface area contributed by atoms with Crippen LogP contribution in [0.4, 0.5) is 10.5 Å². The molecule has 0 radical (unpaired) electrons. The van der Waals surface area contributed by atoms with Crippen molar-refractivity contribution in [1.29, 1.82) is 5.26 Å². The van der Waals surface area contributed by atoms with Gasteiger partial charge in [-0.2, -0.15) is 5.26 Å². The van der Waals surface area contributed by atoms with Gasteiger partial charge in [0.25, 0.3) is 0 Å². The molecule has 1 aromatic heterocycles. The number of aromatic nitrogens is 1. The fourth-order valence-electron chi connectivity index (χ4n) is 4.18. The molecule has 1 aliphatic carbocycles. The molecule has 1 saturated carbocycles. The second kappa shape index (κ2) is 5.49. The average Bonchev–Trinajstić information content (AvgIpc) is 3.16. The third kappa shape index (κ3) is 2.16. The molecular weight excluding hydrogens is 318 g/mol. The Morgan fingerprint density at radius 1 is 1.20 bits per heavy atom. The number of hydrogen-bond donors (Lipinski definition) is 2. The number of nitriles is 1. The third-order valence-corrected chi connectivity index (χ3v) is 5.41. The number of nitrogens with zero attached hydrogens (tertiary/aromatic N) is 2. The highest BCUT2D eigenvalue weighted by atomic mass is 16.4. The van der Waals surface area contributed by atoms with Gasteiger partial charge in [0.15, 0.2) is 0 Å². The lowest BCUT2D eigenvalue weighted by Crippen LogP contribution is -2.36. The van der Waals surface area contributed by atoms with Gasteiger partial charge in [0, 0.05) is 5.69 Å². The average molecular weight is 335 g/mol. The SMILES string of the molecule is N#Cc1ccc(-c2ccc3c(c2)C2(CCCCC2)C(=O)N3)n1C(=O)O. The summed E-state index contributed by atoms with van der Waals surface area (Å²) in [6.07, 6.45) is 3.61. The minimum atomic E-state index is -1.20. The van der Waals surface area contributed by atoms with Gasteiger partial charge in [-0.1, -0.05) is 25.3 Å². The Bertz CT molecular complexity index is 930. The minimum absolute atomic E-state index is 0.0469. The van der Waals surface area contributed by atoms with Gasteiger partial charge in [0.1, 0.15) is 11.8 Å². The smallest absolute Gasteiger partial charge is 0.417 e. The van der Waals surface area contributed by atoms with E-state index in [1.54, 1.807) is 12.1 Å². The molecule has 0 bridgehead atoms. The molecule has 6 heteroatoms. The first-order valence-corrected chi connectivity index (χ1v) is 8.38. The van der Waals surface area contributed by atoms with E-state index in [4.69, 9.17) is 5.26 Å². The summed E-state index contributed by atoms with van der Waals surface area (Å²) in [7, 11) is 0. The number of benzene rings is 1. The van der Waals surface area contributed by atoms with Crippen molar-refractivity contribution in [1.82, 2.24) is 4.57 Å². The Balaban J connectivity index is 1.86. The summed E-state index contributed by atoms with van der Waals surface area (Å²) in [4.78, 5) is 24.2. The van der Waals surface area contributed by atoms with Crippen molar-refractivity contribution in [2.75, 3.05) is 5.32 Å². The van der Waals surface area contributed by atoms with Crippen molar-refractivity contribution in [2.45, 2.75) is 37.5 Å². The third-order valence-electron chi connectivity index (χ3n) is 5.41. The monoisotopic (exact) mass is 335 g/mol. The van der Waals surface area contributed by atoms with Crippen LogP contribution in [0.25, 0.3) is 11.3 Å². The van der Waals surface area contributed by atoms with E-state index in [9.17, 15) is 14.7 Å². The summed E-state index contributed by atoms with van der Waals surface area (Å²) in [6, 6.07) is 10.6. The topological polar surface area (TPSA) is 95.1 Å². The first kappa shape index (κ1) is 15.5. The fraction of sp³-hybridized carbons (Fsp3) is 0.316. The van der Waals surface area contributed by atoms with E-state index < -0.39 is 11.5 Å². The summed E-state index contributed by atoms with van der Waals surface area (Å²) in [5.74, 6) is 0.0469. The number of carbonyl (C=O) groups excluding carboxylic acids is 1. The Hall–Kier alpha value is -3.07.